The Morgan fingerprint density at radius 3 is 2.64 bits per heavy atom. The van der Waals surface area contributed by atoms with Gasteiger partial charge in [-0.25, -0.2) is 4.79 Å². The fraction of sp³-hybridized carbons (Fsp3) is 0.389. The van der Waals surface area contributed by atoms with E-state index in [0.717, 1.165) is 10.8 Å². The first-order valence-electron chi connectivity index (χ1n) is 7.87. The maximum atomic E-state index is 12.2. The normalized spacial score (nSPS) is 13.6. The second kappa shape index (κ2) is 8.13. The molecule has 5 nitrogen and oxygen atoms in total. The van der Waals surface area contributed by atoms with E-state index < -0.39 is 20.2 Å². The second-order valence-corrected chi connectivity index (χ2v) is 8.18. The highest BCUT2D eigenvalue weighted by Crippen LogP contribution is 2.37. The van der Waals surface area contributed by atoms with Crippen molar-refractivity contribution in [3.05, 3.63) is 41.4 Å². The van der Waals surface area contributed by atoms with Gasteiger partial charge >= 0.3 is 14.1 Å². The molecule has 2 rings (SSSR count). The molecule has 0 saturated carbocycles. The third-order valence-corrected chi connectivity index (χ3v) is 4.43. The van der Waals surface area contributed by atoms with Crippen LogP contribution in [0.2, 0.25) is 5.02 Å². The summed E-state index contributed by atoms with van der Waals surface area (Å²) in [5.41, 5.74) is -0.148. The topological polar surface area (TPSA) is 71.0 Å². The first-order valence-corrected chi connectivity index (χ1v) is 9.38. The number of fused-ring (bicyclic) bond motifs is 1. The number of rotatable bonds is 5. The van der Waals surface area contributed by atoms with Crippen LogP contribution >= 0.6 is 19.8 Å². The number of esters is 1. The zero-order valence-electron chi connectivity index (χ0n) is 14.7. The average molecular weight is 382 g/mol. The van der Waals surface area contributed by atoms with Crippen molar-refractivity contribution >= 4 is 36.5 Å². The van der Waals surface area contributed by atoms with Crippen LogP contribution in [0.3, 0.4) is 0 Å². The molecular weight excluding hydrogens is 361 g/mol. The van der Waals surface area contributed by atoms with E-state index in [1.54, 1.807) is 6.07 Å². The number of ether oxygens (including phenoxy) is 1. The van der Waals surface area contributed by atoms with Gasteiger partial charge in [-0.3, -0.25) is 4.52 Å². The lowest BCUT2D eigenvalue weighted by Gasteiger charge is -2.18. The summed E-state index contributed by atoms with van der Waals surface area (Å²) in [6, 6.07) is 10.1. The van der Waals surface area contributed by atoms with Crippen LogP contribution in [-0.4, -0.2) is 18.6 Å². The van der Waals surface area contributed by atoms with Gasteiger partial charge in [0.1, 0.15) is 0 Å². The Morgan fingerprint density at radius 1 is 1.28 bits per heavy atom. The Kier molecular flexibility index (Phi) is 6.39. The lowest BCUT2D eigenvalue weighted by atomic mass is 9.99. The van der Waals surface area contributed by atoms with Crippen molar-refractivity contribution in [1.82, 2.24) is 0 Å². The van der Waals surface area contributed by atoms with E-state index in [9.17, 15) is 9.69 Å². The highest BCUT2D eigenvalue weighted by atomic mass is 35.5. The van der Waals surface area contributed by atoms with Crippen molar-refractivity contribution in [2.75, 3.05) is 6.61 Å². The lowest BCUT2D eigenvalue weighted by Crippen LogP contribution is -2.24. The second-order valence-electron chi connectivity index (χ2n) is 6.89. The van der Waals surface area contributed by atoms with Crippen LogP contribution in [0.15, 0.2) is 41.1 Å². The van der Waals surface area contributed by atoms with Crippen LogP contribution in [0.1, 0.15) is 27.7 Å². The molecule has 0 aromatic heterocycles. The van der Waals surface area contributed by atoms with Crippen molar-refractivity contribution < 1.29 is 18.9 Å². The van der Waals surface area contributed by atoms with Gasteiger partial charge in [0.25, 0.3) is 0 Å². The van der Waals surface area contributed by atoms with Crippen molar-refractivity contribution in [1.29, 1.82) is 0 Å². The molecule has 0 aliphatic carbocycles. The van der Waals surface area contributed by atoms with Crippen molar-refractivity contribution in [3.8, 4) is 5.75 Å². The van der Waals surface area contributed by atoms with Gasteiger partial charge in [0.15, 0.2) is 6.04 Å². The summed E-state index contributed by atoms with van der Waals surface area (Å²) in [4.78, 5) is 24.1. The maximum Gasteiger partial charge on any atom is 0.395 e. The number of halogens is 1. The summed E-state index contributed by atoms with van der Waals surface area (Å²) in [5, 5.41) is 1.97. The van der Waals surface area contributed by atoms with E-state index in [4.69, 9.17) is 20.9 Å². The van der Waals surface area contributed by atoms with E-state index in [2.05, 4.69) is 4.74 Å². The van der Waals surface area contributed by atoms with Crippen LogP contribution in [0.4, 0.5) is 0 Å². The van der Waals surface area contributed by atoms with Crippen LogP contribution in [0.25, 0.3) is 10.8 Å². The van der Waals surface area contributed by atoms with Gasteiger partial charge in [-0.15, -0.1) is 0 Å². The van der Waals surface area contributed by atoms with Gasteiger partial charge in [0.05, 0.1) is 11.6 Å². The van der Waals surface area contributed by atoms with Crippen LogP contribution in [0.5, 0.6) is 5.75 Å². The quantitative estimate of drug-likeness (QED) is 0.555. The zero-order valence-corrected chi connectivity index (χ0v) is 16.3. The Balaban J connectivity index is 2.14. The summed E-state index contributed by atoms with van der Waals surface area (Å²) in [6.45, 7) is 7.64. The first kappa shape index (κ1) is 19.6. The molecule has 0 radical (unpaired) electrons. The first-order chi connectivity index (χ1) is 11.7. The molecule has 0 spiro atoms. The van der Waals surface area contributed by atoms with Gasteiger partial charge in [0.2, 0.25) is 5.75 Å². The van der Waals surface area contributed by atoms with Crippen LogP contribution in [-0.2, 0) is 9.53 Å². The molecule has 0 N–H and O–H groups in total. The molecule has 0 saturated heterocycles. The number of nitrogens with zero attached hydrogens (tertiary/aromatic N) is 1. The number of benzene rings is 2. The monoisotopic (exact) mass is 381 g/mol. The minimum atomic E-state index is -2.47. The minimum absolute atomic E-state index is 0.148. The number of hydrogen-bond donors (Lipinski definition) is 0. The van der Waals surface area contributed by atoms with Crippen molar-refractivity contribution in [2.24, 2.45) is 10.2 Å². The molecule has 2 aromatic rings. The standard InChI is InChI=1S/C18H21ClNO4P/c1-12(17(21)23-11-18(2,3)4)20-25(22)24-16-14-8-6-5-7-13(14)9-10-15(16)19/h5-10,12H,11H2,1-4H3/t12-/m0/s1. The van der Waals surface area contributed by atoms with Gasteiger partial charge in [0, 0.05) is 5.39 Å². The van der Waals surface area contributed by atoms with Crippen LogP contribution < -0.4 is 9.42 Å². The molecule has 0 fully saturated rings. The molecule has 134 valence electrons. The Morgan fingerprint density at radius 2 is 1.96 bits per heavy atom. The van der Waals surface area contributed by atoms with E-state index in [-0.39, 0.29) is 12.0 Å². The molecule has 0 bridgehead atoms. The molecule has 0 aliphatic rings. The van der Waals surface area contributed by atoms with Gasteiger partial charge in [-0.05, 0) is 23.8 Å². The third kappa shape index (κ3) is 5.67. The van der Waals surface area contributed by atoms with E-state index in [1.807, 2.05) is 51.1 Å². The third-order valence-electron chi connectivity index (χ3n) is 3.26. The molecule has 0 aliphatic heterocycles. The average Bonchev–Trinajstić information content (AvgIpc) is 2.54. The molecule has 7 heteroatoms. The zero-order chi connectivity index (χ0) is 18.6. The van der Waals surface area contributed by atoms with Gasteiger partial charge < -0.3 is 9.63 Å². The molecule has 1 unspecified atom stereocenters. The number of carbonyl (C=O) groups excluding carboxylic acids is 1. The number of hydrogen-bond acceptors (Lipinski definition) is 5. The highest BCUT2D eigenvalue weighted by molar-refractivity contribution is 7.34. The fourth-order valence-corrected chi connectivity index (χ4v) is 3.04. The highest BCUT2D eigenvalue weighted by Gasteiger charge is 2.22. The van der Waals surface area contributed by atoms with E-state index in [0.29, 0.717) is 10.8 Å². The van der Waals surface area contributed by atoms with Gasteiger partial charge in [-0.2, -0.15) is 0 Å². The molecule has 25 heavy (non-hydrogen) atoms. The smallest absolute Gasteiger partial charge is 0.395 e. The molecule has 0 amide bonds. The Hall–Kier alpha value is -1.68. The van der Waals surface area contributed by atoms with Crippen molar-refractivity contribution in [3.63, 3.8) is 0 Å². The van der Waals surface area contributed by atoms with E-state index >= 15 is 0 Å². The van der Waals surface area contributed by atoms with Gasteiger partial charge in [-0.1, -0.05) is 67.4 Å². The molecule has 0 heterocycles. The summed E-state index contributed by atoms with van der Waals surface area (Å²) < 4.78 is 14.5. The Labute approximate surface area is 153 Å². The van der Waals surface area contributed by atoms with Crippen LogP contribution in [0, 0.1) is 5.41 Å². The summed E-state index contributed by atoms with van der Waals surface area (Å²) in [5.74, 6) is -0.245. The predicted octanol–water partition coefficient (Wildman–Crippen LogP) is 4.71. The number of carbonyl (C=O) groups is 1. The largest absolute Gasteiger partial charge is 0.575 e. The summed E-state index contributed by atoms with van der Waals surface area (Å²) >= 11 is 6.16. The fourth-order valence-electron chi connectivity index (χ4n) is 2.01. The maximum absolute atomic E-state index is 12.2. The summed E-state index contributed by atoms with van der Waals surface area (Å²) in [6.07, 6.45) is 0. The molecular formula is C18H21ClNO4P. The SMILES string of the molecule is C[C@H](N=[P+]([O-])Oc1c(Cl)ccc2ccccc12)C(=O)OCC(C)(C)C. The molecule has 2 atom stereocenters. The Bertz CT molecular complexity index is 801. The molecule has 2 aromatic carbocycles. The van der Waals surface area contributed by atoms with E-state index in [1.165, 1.54) is 6.92 Å². The predicted molar refractivity (Wildman–Crippen MR) is 98.8 cm³/mol. The minimum Gasteiger partial charge on any atom is -0.575 e. The van der Waals surface area contributed by atoms with Crippen molar-refractivity contribution in [2.45, 2.75) is 33.7 Å². The lowest BCUT2D eigenvalue weighted by molar-refractivity contribution is -0.169. The summed E-state index contributed by atoms with van der Waals surface area (Å²) in [7, 11) is -2.47.